The smallest absolute Gasteiger partial charge is 0.319 e. The van der Waals surface area contributed by atoms with Crippen LogP contribution in [0.1, 0.15) is 12.6 Å². The van der Waals surface area contributed by atoms with Crippen LogP contribution in [0.3, 0.4) is 0 Å². The number of nitrogens with zero attached hydrogens (tertiary/aromatic N) is 2. The second-order valence-corrected chi connectivity index (χ2v) is 4.76. The molecule has 1 aromatic heterocycles. The van der Waals surface area contributed by atoms with Crippen molar-refractivity contribution in [1.29, 1.82) is 0 Å². The van der Waals surface area contributed by atoms with Gasteiger partial charge in [0, 0.05) is 24.3 Å². The number of aryl methyl sites for hydroxylation is 1. The van der Waals surface area contributed by atoms with Crippen LogP contribution in [0.2, 0.25) is 5.02 Å². The third-order valence-electron chi connectivity index (χ3n) is 2.84. The van der Waals surface area contributed by atoms with Gasteiger partial charge in [-0.3, -0.25) is 4.68 Å². The molecule has 0 saturated heterocycles. The van der Waals surface area contributed by atoms with Gasteiger partial charge in [-0.15, -0.1) is 0 Å². The van der Waals surface area contributed by atoms with Gasteiger partial charge in [-0.2, -0.15) is 5.10 Å². The monoisotopic (exact) mass is 308 g/mol. The number of nitrogens with one attached hydrogen (secondary N) is 2. The topological polar surface area (TPSA) is 68.2 Å². The van der Waals surface area contributed by atoms with Gasteiger partial charge in [0.15, 0.2) is 0 Å². The number of aromatic nitrogens is 2. The van der Waals surface area contributed by atoms with Gasteiger partial charge in [0.2, 0.25) is 0 Å². The van der Waals surface area contributed by atoms with Gasteiger partial charge in [-0.05, 0) is 25.1 Å². The second-order valence-electron chi connectivity index (χ2n) is 4.33. The van der Waals surface area contributed by atoms with Gasteiger partial charge in [0.05, 0.1) is 24.5 Å². The minimum Gasteiger partial charge on any atom is -0.492 e. The van der Waals surface area contributed by atoms with Crippen molar-refractivity contribution >= 4 is 23.3 Å². The van der Waals surface area contributed by atoms with Gasteiger partial charge < -0.3 is 15.4 Å². The number of hydrogen-bond acceptors (Lipinski definition) is 3. The minimum absolute atomic E-state index is 0.320. The number of hydrogen-bond donors (Lipinski definition) is 2. The van der Waals surface area contributed by atoms with Gasteiger partial charge in [0.25, 0.3) is 0 Å². The Morgan fingerprint density at radius 3 is 2.90 bits per heavy atom. The Bertz CT molecular complexity index is 627. The van der Waals surface area contributed by atoms with E-state index in [4.69, 9.17) is 16.3 Å². The number of rotatable bonds is 5. The predicted octanol–water partition coefficient (Wildman–Crippen LogP) is 2.79. The Morgan fingerprint density at radius 1 is 1.43 bits per heavy atom. The molecule has 0 fully saturated rings. The Hall–Kier alpha value is -2.21. The van der Waals surface area contributed by atoms with E-state index in [2.05, 4.69) is 15.7 Å². The van der Waals surface area contributed by atoms with E-state index in [1.807, 2.05) is 20.0 Å². The van der Waals surface area contributed by atoms with Gasteiger partial charge in [0.1, 0.15) is 5.75 Å². The lowest BCUT2D eigenvalue weighted by Crippen LogP contribution is -2.29. The highest BCUT2D eigenvalue weighted by molar-refractivity contribution is 6.30. The normalized spacial score (nSPS) is 10.2. The van der Waals surface area contributed by atoms with E-state index < -0.39 is 0 Å². The summed E-state index contributed by atoms with van der Waals surface area (Å²) in [6, 6.07) is 6.59. The van der Waals surface area contributed by atoms with E-state index in [0.717, 1.165) is 5.69 Å². The zero-order chi connectivity index (χ0) is 15.2. The lowest BCUT2D eigenvalue weighted by atomic mass is 10.3. The van der Waals surface area contributed by atoms with Crippen LogP contribution in [0.15, 0.2) is 30.5 Å². The van der Waals surface area contributed by atoms with Gasteiger partial charge in [-0.1, -0.05) is 11.6 Å². The van der Waals surface area contributed by atoms with Crippen LogP contribution >= 0.6 is 11.6 Å². The van der Waals surface area contributed by atoms with E-state index in [0.29, 0.717) is 29.6 Å². The summed E-state index contributed by atoms with van der Waals surface area (Å²) in [6.07, 6.45) is 1.68. The van der Waals surface area contributed by atoms with E-state index in [1.54, 1.807) is 29.1 Å². The lowest BCUT2D eigenvalue weighted by molar-refractivity contribution is 0.251. The van der Waals surface area contributed by atoms with E-state index in [-0.39, 0.29) is 6.03 Å². The molecule has 0 bridgehead atoms. The maximum Gasteiger partial charge on any atom is 0.319 e. The highest BCUT2D eigenvalue weighted by atomic mass is 35.5. The Balaban J connectivity index is 1.97. The molecule has 2 amide bonds. The molecule has 0 radical (unpaired) electrons. The summed E-state index contributed by atoms with van der Waals surface area (Å²) in [6.45, 7) is 2.75. The summed E-state index contributed by atoms with van der Waals surface area (Å²) in [7, 11) is 1.82. The molecule has 2 aromatic rings. The van der Waals surface area contributed by atoms with E-state index in [1.165, 1.54) is 0 Å². The molecule has 6 nitrogen and oxygen atoms in total. The zero-order valence-electron chi connectivity index (χ0n) is 11.9. The fraction of sp³-hybridized carbons (Fsp3) is 0.286. The molecule has 112 valence electrons. The van der Waals surface area contributed by atoms with Crippen molar-refractivity contribution in [2.75, 3.05) is 11.9 Å². The second kappa shape index (κ2) is 6.99. The molecule has 0 saturated carbocycles. The van der Waals surface area contributed by atoms with Crippen molar-refractivity contribution in [2.24, 2.45) is 7.05 Å². The minimum atomic E-state index is -0.320. The molecule has 7 heteroatoms. The maximum absolute atomic E-state index is 11.9. The van der Waals surface area contributed by atoms with Crippen LogP contribution in [0.5, 0.6) is 5.75 Å². The average molecular weight is 309 g/mol. The summed E-state index contributed by atoms with van der Waals surface area (Å²) in [5.74, 6) is 0.542. The molecular formula is C14H17ClN4O2. The molecule has 1 heterocycles. The third-order valence-corrected chi connectivity index (χ3v) is 3.08. The maximum atomic E-state index is 11.9. The summed E-state index contributed by atoms with van der Waals surface area (Å²) < 4.78 is 7.15. The number of anilines is 1. The van der Waals surface area contributed by atoms with Crippen molar-refractivity contribution in [1.82, 2.24) is 15.1 Å². The standard InChI is InChI=1S/C14H17ClN4O2/c1-3-21-13-8-10(15)4-5-12(13)18-14(20)16-9-11-6-7-17-19(11)2/h4-8H,3,9H2,1-2H3,(H2,16,18,20). The summed E-state index contributed by atoms with van der Waals surface area (Å²) >= 11 is 5.92. The predicted molar refractivity (Wildman–Crippen MR) is 81.7 cm³/mol. The molecule has 0 spiro atoms. The molecule has 2 rings (SSSR count). The number of amides is 2. The Kier molecular flexibility index (Phi) is 5.05. The molecule has 0 aliphatic rings. The van der Waals surface area contributed by atoms with Crippen molar-refractivity contribution in [3.8, 4) is 5.75 Å². The first-order valence-electron chi connectivity index (χ1n) is 6.54. The van der Waals surface area contributed by atoms with Gasteiger partial charge >= 0.3 is 6.03 Å². The van der Waals surface area contributed by atoms with Crippen LogP contribution in [0.25, 0.3) is 0 Å². The van der Waals surface area contributed by atoms with Crippen LogP contribution in [0.4, 0.5) is 10.5 Å². The highest BCUT2D eigenvalue weighted by Crippen LogP contribution is 2.28. The number of ether oxygens (including phenoxy) is 1. The van der Waals surface area contributed by atoms with Crippen LogP contribution in [0, 0.1) is 0 Å². The Labute approximate surface area is 128 Å². The van der Waals surface area contributed by atoms with E-state index in [9.17, 15) is 4.79 Å². The summed E-state index contributed by atoms with van der Waals surface area (Å²) in [5, 5.41) is 10.1. The molecule has 2 N–H and O–H groups in total. The van der Waals surface area contributed by atoms with Gasteiger partial charge in [-0.25, -0.2) is 4.79 Å². The molecule has 0 atom stereocenters. The molecule has 21 heavy (non-hydrogen) atoms. The van der Waals surface area contributed by atoms with Crippen molar-refractivity contribution in [3.05, 3.63) is 41.2 Å². The van der Waals surface area contributed by atoms with E-state index >= 15 is 0 Å². The quantitative estimate of drug-likeness (QED) is 0.892. The largest absolute Gasteiger partial charge is 0.492 e. The number of urea groups is 1. The molecule has 1 aromatic carbocycles. The fourth-order valence-electron chi connectivity index (χ4n) is 1.79. The first kappa shape index (κ1) is 15.2. The molecule has 0 unspecified atom stereocenters. The van der Waals surface area contributed by atoms with Crippen molar-refractivity contribution < 1.29 is 9.53 Å². The molecule has 0 aliphatic carbocycles. The first-order valence-corrected chi connectivity index (χ1v) is 6.92. The van der Waals surface area contributed by atoms with Crippen LogP contribution in [-0.2, 0) is 13.6 Å². The fourth-order valence-corrected chi connectivity index (χ4v) is 1.95. The zero-order valence-corrected chi connectivity index (χ0v) is 12.6. The van der Waals surface area contributed by atoms with Crippen LogP contribution in [-0.4, -0.2) is 22.4 Å². The number of carbonyl (C=O) groups is 1. The number of benzene rings is 1. The number of halogens is 1. The lowest BCUT2D eigenvalue weighted by Gasteiger charge is -2.12. The SMILES string of the molecule is CCOc1cc(Cl)ccc1NC(=O)NCc1ccnn1C. The average Bonchev–Trinajstić information content (AvgIpc) is 2.85. The van der Waals surface area contributed by atoms with Crippen LogP contribution < -0.4 is 15.4 Å². The Morgan fingerprint density at radius 2 is 2.24 bits per heavy atom. The molecule has 0 aliphatic heterocycles. The summed E-state index contributed by atoms with van der Waals surface area (Å²) in [5.41, 5.74) is 1.48. The number of carbonyl (C=O) groups excluding carboxylic acids is 1. The third kappa shape index (κ3) is 4.13. The molecular weight excluding hydrogens is 292 g/mol. The summed E-state index contributed by atoms with van der Waals surface area (Å²) in [4.78, 5) is 11.9. The van der Waals surface area contributed by atoms with Crippen molar-refractivity contribution in [2.45, 2.75) is 13.5 Å². The van der Waals surface area contributed by atoms with Crippen molar-refractivity contribution in [3.63, 3.8) is 0 Å². The first-order chi connectivity index (χ1) is 10.1. The highest BCUT2D eigenvalue weighted by Gasteiger charge is 2.09.